The van der Waals surface area contributed by atoms with E-state index in [9.17, 15) is 9.59 Å². The van der Waals surface area contributed by atoms with Gasteiger partial charge in [-0.3, -0.25) is 0 Å². The van der Waals surface area contributed by atoms with E-state index in [1.54, 1.807) is 14.2 Å². The van der Waals surface area contributed by atoms with Gasteiger partial charge in [0.1, 0.15) is 11.5 Å². The number of ether oxygens (including phenoxy) is 2. The summed E-state index contributed by atoms with van der Waals surface area (Å²) in [4.78, 5) is 19.1. The van der Waals surface area contributed by atoms with Crippen molar-refractivity contribution >= 4 is 11.9 Å². The molecule has 0 aromatic heterocycles. The van der Waals surface area contributed by atoms with Crippen LogP contribution in [0.15, 0.2) is 60.7 Å². The van der Waals surface area contributed by atoms with E-state index < -0.39 is 11.9 Å². The number of rotatable bonds is 8. The first kappa shape index (κ1) is 21.7. The summed E-state index contributed by atoms with van der Waals surface area (Å²) in [6, 6.07) is 16.2. The van der Waals surface area contributed by atoms with Gasteiger partial charge in [0.05, 0.1) is 14.2 Å². The highest BCUT2D eigenvalue weighted by Gasteiger charge is 1.98. The first-order valence-electron chi connectivity index (χ1n) is 8.05. The fourth-order valence-corrected chi connectivity index (χ4v) is 2.06. The second kappa shape index (κ2) is 12.1. The zero-order chi connectivity index (χ0) is 20.1. The second-order valence-corrected chi connectivity index (χ2v) is 5.32. The molecule has 0 aliphatic carbocycles. The lowest BCUT2D eigenvalue weighted by Crippen LogP contribution is -2.12. The number of hydrogen-bond acceptors (Lipinski definition) is 5. The van der Waals surface area contributed by atoms with Gasteiger partial charge in [0, 0.05) is 25.2 Å². The van der Waals surface area contributed by atoms with Crippen molar-refractivity contribution < 1.29 is 29.3 Å². The van der Waals surface area contributed by atoms with E-state index in [4.69, 9.17) is 19.7 Å². The molecule has 2 aromatic carbocycles. The van der Waals surface area contributed by atoms with Crippen LogP contribution in [0, 0.1) is 0 Å². The van der Waals surface area contributed by atoms with Gasteiger partial charge in [0.15, 0.2) is 0 Å². The molecule has 0 aliphatic rings. The Hall–Kier alpha value is -3.32. The Morgan fingerprint density at radius 3 is 1.59 bits per heavy atom. The van der Waals surface area contributed by atoms with Gasteiger partial charge in [-0.15, -0.1) is 0 Å². The van der Waals surface area contributed by atoms with Crippen molar-refractivity contribution in [1.82, 2.24) is 5.32 Å². The molecule has 2 aromatic rings. The molecule has 0 bridgehead atoms. The van der Waals surface area contributed by atoms with Gasteiger partial charge in [0.2, 0.25) is 0 Å². The molecular formula is C20H23NO6. The third kappa shape index (κ3) is 9.66. The molecule has 0 saturated carbocycles. The highest BCUT2D eigenvalue weighted by atomic mass is 16.5. The summed E-state index contributed by atoms with van der Waals surface area (Å²) in [6.45, 7) is 1.63. The molecule has 0 fully saturated rings. The minimum Gasteiger partial charge on any atom is -0.497 e. The standard InChI is InChI=1S/C16H19NO2.C4H4O4/c1-18-15-7-3-5-13(9-15)11-17-12-14-6-4-8-16(10-14)19-2;5-3(6)1-2-4(7)8/h3-10,17H,11-12H2,1-2H3;1-2H,(H,5,6)(H,7,8). The van der Waals surface area contributed by atoms with Crippen LogP contribution in [0.5, 0.6) is 11.5 Å². The van der Waals surface area contributed by atoms with E-state index in [-0.39, 0.29) is 0 Å². The van der Waals surface area contributed by atoms with Gasteiger partial charge in [-0.25, -0.2) is 9.59 Å². The summed E-state index contributed by atoms with van der Waals surface area (Å²) in [7, 11) is 3.37. The van der Waals surface area contributed by atoms with Crippen LogP contribution in [0.1, 0.15) is 11.1 Å². The molecule has 0 atom stereocenters. The fraction of sp³-hybridized carbons (Fsp3) is 0.200. The number of aliphatic carboxylic acids is 2. The average Bonchev–Trinajstić information content (AvgIpc) is 2.67. The summed E-state index contributed by atoms with van der Waals surface area (Å²) in [5, 5.41) is 19.0. The predicted octanol–water partition coefficient (Wildman–Crippen LogP) is 2.71. The van der Waals surface area contributed by atoms with Crippen LogP contribution < -0.4 is 14.8 Å². The lowest BCUT2D eigenvalue weighted by molar-refractivity contribution is -0.134. The molecule has 144 valence electrons. The number of hydrogen-bond donors (Lipinski definition) is 3. The SMILES string of the molecule is COc1cccc(CNCc2cccc(OC)c2)c1.O=C(O)C=CC(=O)O. The van der Waals surface area contributed by atoms with E-state index in [0.717, 1.165) is 24.6 Å². The number of benzene rings is 2. The number of carbonyl (C=O) groups is 2. The molecule has 7 heteroatoms. The largest absolute Gasteiger partial charge is 0.497 e. The Balaban J connectivity index is 0.000000387. The van der Waals surface area contributed by atoms with Crippen molar-refractivity contribution in [3.05, 3.63) is 71.8 Å². The van der Waals surface area contributed by atoms with Gasteiger partial charge < -0.3 is 25.0 Å². The fourth-order valence-electron chi connectivity index (χ4n) is 2.06. The number of carboxylic acid groups (broad SMARTS) is 2. The Kier molecular flexibility index (Phi) is 9.74. The summed E-state index contributed by atoms with van der Waals surface area (Å²) >= 11 is 0. The quantitative estimate of drug-likeness (QED) is 0.611. The van der Waals surface area contributed by atoms with Gasteiger partial charge >= 0.3 is 11.9 Å². The minimum atomic E-state index is -1.26. The molecular weight excluding hydrogens is 350 g/mol. The molecule has 7 nitrogen and oxygen atoms in total. The zero-order valence-corrected chi connectivity index (χ0v) is 15.2. The Morgan fingerprint density at radius 2 is 1.26 bits per heavy atom. The van der Waals surface area contributed by atoms with Crippen molar-refractivity contribution in [2.45, 2.75) is 13.1 Å². The molecule has 0 aliphatic heterocycles. The lowest BCUT2D eigenvalue weighted by Gasteiger charge is -2.08. The van der Waals surface area contributed by atoms with Crippen molar-refractivity contribution in [2.75, 3.05) is 14.2 Å². The van der Waals surface area contributed by atoms with Crippen LogP contribution >= 0.6 is 0 Å². The molecule has 0 radical (unpaired) electrons. The molecule has 0 saturated heterocycles. The van der Waals surface area contributed by atoms with Crippen LogP contribution in [-0.2, 0) is 22.7 Å². The van der Waals surface area contributed by atoms with Crippen LogP contribution in [0.25, 0.3) is 0 Å². The highest BCUT2D eigenvalue weighted by molar-refractivity contribution is 5.89. The van der Waals surface area contributed by atoms with E-state index in [2.05, 4.69) is 17.4 Å². The third-order valence-corrected chi connectivity index (χ3v) is 3.30. The Bertz CT molecular complexity index is 709. The maximum atomic E-state index is 9.55. The summed E-state index contributed by atoms with van der Waals surface area (Å²) in [6.07, 6.45) is 1.12. The second-order valence-electron chi connectivity index (χ2n) is 5.32. The van der Waals surface area contributed by atoms with Crippen LogP contribution in [0.4, 0.5) is 0 Å². The Morgan fingerprint density at radius 1 is 0.852 bits per heavy atom. The van der Waals surface area contributed by atoms with Gasteiger partial charge in [0.25, 0.3) is 0 Å². The van der Waals surface area contributed by atoms with Gasteiger partial charge in [-0.1, -0.05) is 24.3 Å². The predicted molar refractivity (Wildman–Crippen MR) is 101 cm³/mol. The molecule has 3 N–H and O–H groups in total. The first-order valence-corrected chi connectivity index (χ1v) is 8.05. The average molecular weight is 373 g/mol. The van der Waals surface area contributed by atoms with E-state index in [1.165, 1.54) is 11.1 Å². The topological polar surface area (TPSA) is 105 Å². The van der Waals surface area contributed by atoms with Crippen molar-refractivity contribution in [3.63, 3.8) is 0 Å². The first-order chi connectivity index (χ1) is 12.9. The van der Waals surface area contributed by atoms with Crippen LogP contribution in [0.3, 0.4) is 0 Å². The zero-order valence-electron chi connectivity index (χ0n) is 15.2. The molecule has 0 amide bonds. The van der Waals surface area contributed by atoms with Gasteiger partial charge in [-0.2, -0.15) is 0 Å². The number of carboxylic acids is 2. The summed E-state index contributed by atoms with van der Waals surface area (Å²) in [5.74, 6) is -0.735. The molecule has 2 rings (SSSR count). The lowest BCUT2D eigenvalue weighted by atomic mass is 10.2. The molecule has 0 unspecified atom stereocenters. The normalized spacial score (nSPS) is 10.0. The van der Waals surface area contributed by atoms with Crippen molar-refractivity contribution in [3.8, 4) is 11.5 Å². The van der Waals surface area contributed by atoms with E-state index in [1.807, 2.05) is 36.4 Å². The number of methoxy groups -OCH3 is 2. The van der Waals surface area contributed by atoms with Crippen molar-refractivity contribution in [1.29, 1.82) is 0 Å². The highest BCUT2D eigenvalue weighted by Crippen LogP contribution is 2.14. The van der Waals surface area contributed by atoms with Crippen LogP contribution in [0.2, 0.25) is 0 Å². The van der Waals surface area contributed by atoms with Gasteiger partial charge in [-0.05, 0) is 35.4 Å². The molecule has 0 heterocycles. The Labute approximate surface area is 157 Å². The monoisotopic (exact) mass is 373 g/mol. The maximum absolute atomic E-state index is 9.55. The maximum Gasteiger partial charge on any atom is 0.328 e. The minimum absolute atomic E-state index is 0.558. The van der Waals surface area contributed by atoms with E-state index >= 15 is 0 Å². The third-order valence-electron chi connectivity index (χ3n) is 3.30. The molecule has 27 heavy (non-hydrogen) atoms. The van der Waals surface area contributed by atoms with Crippen LogP contribution in [-0.4, -0.2) is 36.4 Å². The number of nitrogens with one attached hydrogen (secondary N) is 1. The van der Waals surface area contributed by atoms with E-state index in [0.29, 0.717) is 12.2 Å². The summed E-state index contributed by atoms with van der Waals surface area (Å²) in [5.41, 5.74) is 2.42. The molecule has 0 spiro atoms. The van der Waals surface area contributed by atoms with Crippen molar-refractivity contribution in [2.24, 2.45) is 0 Å². The summed E-state index contributed by atoms with van der Waals surface area (Å²) < 4.78 is 10.4. The smallest absolute Gasteiger partial charge is 0.328 e.